The molecular weight excluding hydrogens is 254 g/mol. The molecule has 4 heteroatoms. The molecule has 1 N–H and O–H groups in total. The Hall–Kier alpha value is -2.23. The lowest BCUT2D eigenvalue weighted by Crippen LogP contribution is -2.27. The highest BCUT2D eigenvalue weighted by molar-refractivity contribution is 5.91. The second-order valence-electron chi connectivity index (χ2n) is 4.77. The van der Waals surface area contributed by atoms with Gasteiger partial charge >= 0.3 is 0 Å². The van der Waals surface area contributed by atoms with Gasteiger partial charge in [0, 0.05) is 0 Å². The monoisotopic (exact) mass is 273 g/mol. The smallest absolute Gasteiger partial charge is 0.287 e. The van der Waals surface area contributed by atoms with Gasteiger partial charge in [0.25, 0.3) is 5.91 Å². The van der Waals surface area contributed by atoms with Gasteiger partial charge in [-0.25, -0.2) is 0 Å². The molecule has 106 valence electrons. The van der Waals surface area contributed by atoms with Gasteiger partial charge in [0.2, 0.25) is 0 Å². The molecule has 2 aromatic rings. The van der Waals surface area contributed by atoms with E-state index in [-0.39, 0.29) is 5.91 Å². The summed E-state index contributed by atoms with van der Waals surface area (Å²) in [6.45, 7) is 5.11. The highest BCUT2D eigenvalue weighted by Gasteiger charge is 2.08. The predicted molar refractivity (Wildman–Crippen MR) is 77.1 cm³/mol. The van der Waals surface area contributed by atoms with E-state index in [0.717, 1.165) is 5.75 Å². The van der Waals surface area contributed by atoms with Crippen molar-refractivity contribution in [2.24, 2.45) is 0 Å². The number of rotatable bonds is 6. The summed E-state index contributed by atoms with van der Waals surface area (Å²) in [6, 6.07) is 11.3. The third-order valence-electron chi connectivity index (χ3n) is 2.93. The lowest BCUT2D eigenvalue weighted by atomic mass is 10.0. The zero-order valence-electron chi connectivity index (χ0n) is 11.8. The van der Waals surface area contributed by atoms with E-state index >= 15 is 0 Å². The van der Waals surface area contributed by atoms with Gasteiger partial charge in [-0.05, 0) is 29.7 Å². The second-order valence-corrected chi connectivity index (χ2v) is 4.77. The molecule has 4 nitrogen and oxygen atoms in total. The first kappa shape index (κ1) is 14.2. The molecule has 2 rings (SSSR count). The van der Waals surface area contributed by atoms with E-state index in [4.69, 9.17) is 9.15 Å². The Kier molecular flexibility index (Phi) is 4.82. The molecule has 0 spiro atoms. The molecule has 1 aromatic heterocycles. The number of furan rings is 1. The van der Waals surface area contributed by atoms with Crippen LogP contribution < -0.4 is 10.1 Å². The van der Waals surface area contributed by atoms with Gasteiger partial charge in [0.15, 0.2) is 5.76 Å². The predicted octanol–water partition coefficient (Wildman–Crippen LogP) is 3.21. The van der Waals surface area contributed by atoms with Crippen LogP contribution >= 0.6 is 0 Å². The molecule has 0 unspecified atom stereocenters. The molecule has 0 aliphatic heterocycles. The van der Waals surface area contributed by atoms with Crippen molar-refractivity contribution in [2.45, 2.75) is 19.8 Å². The number of amides is 1. The normalized spacial score (nSPS) is 10.6. The first-order chi connectivity index (χ1) is 9.68. The van der Waals surface area contributed by atoms with E-state index in [2.05, 4.69) is 25.2 Å². The van der Waals surface area contributed by atoms with E-state index in [9.17, 15) is 4.79 Å². The summed E-state index contributed by atoms with van der Waals surface area (Å²) in [6.07, 6.45) is 1.48. The van der Waals surface area contributed by atoms with Crippen LogP contribution in [0.5, 0.6) is 5.75 Å². The Balaban J connectivity index is 1.80. The Morgan fingerprint density at radius 1 is 1.25 bits per heavy atom. The fraction of sp³-hybridized carbons (Fsp3) is 0.312. The highest BCUT2D eigenvalue weighted by atomic mass is 16.5. The van der Waals surface area contributed by atoms with Crippen molar-refractivity contribution in [3.63, 3.8) is 0 Å². The molecule has 0 saturated carbocycles. The van der Waals surface area contributed by atoms with E-state index in [1.807, 2.05) is 18.2 Å². The van der Waals surface area contributed by atoms with Crippen molar-refractivity contribution < 1.29 is 13.9 Å². The van der Waals surface area contributed by atoms with Crippen molar-refractivity contribution in [1.29, 1.82) is 0 Å². The molecular formula is C16H19NO3. The molecule has 0 atom stereocenters. The maximum absolute atomic E-state index is 11.6. The Morgan fingerprint density at radius 3 is 2.75 bits per heavy atom. The summed E-state index contributed by atoms with van der Waals surface area (Å²) in [5, 5.41) is 2.75. The summed E-state index contributed by atoms with van der Waals surface area (Å²) >= 11 is 0. The zero-order valence-corrected chi connectivity index (χ0v) is 11.8. The molecule has 0 bridgehead atoms. The van der Waals surface area contributed by atoms with Gasteiger partial charge < -0.3 is 14.5 Å². The second kappa shape index (κ2) is 6.80. The van der Waals surface area contributed by atoms with Crippen LogP contribution in [0, 0.1) is 0 Å². The Bertz CT molecular complexity index is 547. The van der Waals surface area contributed by atoms with Gasteiger partial charge in [-0.1, -0.05) is 32.0 Å². The average molecular weight is 273 g/mol. The quantitative estimate of drug-likeness (QED) is 0.822. The van der Waals surface area contributed by atoms with Gasteiger partial charge in [-0.15, -0.1) is 0 Å². The van der Waals surface area contributed by atoms with E-state index in [1.165, 1.54) is 11.8 Å². The fourth-order valence-corrected chi connectivity index (χ4v) is 1.91. The highest BCUT2D eigenvalue weighted by Crippen LogP contribution is 2.25. The van der Waals surface area contributed by atoms with Crippen LogP contribution in [-0.2, 0) is 0 Å². The standard InChI is InChI=1S/C16H19NO3/c1-12(2)13-6-3-4-7-14(13)20-11-9-17-16(18)15-8-5-10-19-15/h3-8,10,12H,9,11H2,1-2H3,(H,17,18). The van der Waals surface area contributed by atoms with Crippen molar-refractivity contribution in [3.05, 3.63) is 54.0 Å². The molecule has 1 heterocycles. The van der Waals surface area contributed by atoms with E-state index in [1.54, 1.807) is 12.1 Å². The number of nitrogens with one attached hydrogen (secondary N) is 1. The number of carbonyl (C=O) groups is 1. The van der Waals surface area contributed by atoms with Crippen molar-refractivity contribution >= 4 is 5.91 Å². The number of ether oxygens (including phenoxy) is 1. The van der Waals surface area contributed by atoms with Crippen molar-refractivity contribution in [3.8, 4) is 5.75 Å². The number of carbonyl (C=O) groups excluding carboxylic acids is 1. The molecule has 0 radical (unpaired) electrons. The molecule has 0 aliphatic carbocycles. The molecule has 0 saturated heterocycles. The number of hydrogen-bond acceptors (Lipinski definition) is 3. The molecule has 1 amide bonds. The Morgan fingerprint density at radius 2 is 2.05 bits per heavy atom. The SMILES string of the molecule is CC(C)c1ccccc1OCCNC(=O)c1ccco1. The average Bonchev–Trinajstić information content (AvgIpc) is 2.98. The summed E-state index contributed by atoms with van der Waals surface area (Å²) in [4.78, 5) is 11.6. The first-order valence-electron chi connectivity index (χ1n) is 6.72. The fourth-order valence-electron chi connectivity index (χ4n) is 1.91. The zero-order chi connectivity index (χ0) is 14.4. The minimum Gasteiger partial charge on any atom is -0.491 e. The third-order valence-corrected chi connectivity index (χ3v) is 2.93. The van der Waals surface area contributed by atoms with Gasteiger partial charge in [0.05, 0.1) is 12.8 Å². The van der Waals surface area contributed by atoms with Crippen LogP contribution in [0.25, 0.3) is 0 Å². The van der Waals surface area contributed by atoms with Crippen LogP contribution in [0.4, 0.5) is 0 Å². The summed E-state index contributed by atoms with van der Waals surface area (Å²) in [5.74, 6) is 1.36. The van der Waals surface area contributed by atoms with Crippen LogP contribution in [0.3, 0.4) is 0 Å². The summed E-state index contributed by atoms with van der Waals surface area (Å²) in [7, 11) is 0. The number of hydrogen-bond donors (Lipinski definition) is 1. The lowest BCUT2D eigenvalue weighted by molar-refractivity contribution is 0.0919. The Labute approximate surface area is 118 Å². The number of benzene rings is 1. The number of para-hydroxylation sites is 1. The maximum Gasteiger partial charge on any atom is 0.287 e. The molecule has 1 aromatic carbocycles. The lowest BCUT2D eigenvalue weighted by Gasteiger charge is -2.13. The molecule has 0 aliphatic rings. The van der Waals surface area contributed by atoms with Crippen LogP contribution in [-0.4, -0.2) is 19.1 Å². The summed E-state index contributed by atoms with van der Waals surface area (Å²) in [5.41, 5.74) is 1.17. The minimum absolute atomic E-state index is 0.226. The molecule has 20 heavy (non-hydrogen) atoms. The molecule has 0 fully saturated rings. The van der Waals surface area contributed by atoms with Gasteiger partial charge in [-0.2, -0.15) is 0 Å². The van der Waals surface area contributed by atoms with Crippen LogP contribution in [0.2, 0.25) is 0 Å². The topological polar surface area (TPSA) is 51.5 Å². The first-order valence-corrected chi connectivity index (χ1v) is 6.72. The maximum atomic E-state index is 11.6. The van der Waals surface area contributed by atoms with Crippen LogP contribution in [0.15, 0.2) is 47.1 Å². The van der Waals surface area contributed by atoms with Gasteiger partial charge in [-0.3, -0.25) is 4.79 Å². The minimum atomic E-state index is -0.226. The largest absolute Gasteiger partial charge is 0.491 e. The third kappa shape index (κ3) is 3.63. The van der Waals surface area contributed by atoms with E-state index in [0.29, 0.717) is 24.8 Å². The summed E-state index contributed by atoms with van der Waals surface area (Å²) < 4.78 is 10.7. The van der Waals surface area contributed by atoms with E-state index < -0.39 is 0 Å². The van der Waals surface area contributed by atoms with Crippen molar-refractivity contribution in [2.75, 3.05) is 13.2 Å². The van der Waals surface area contributed by atoms with Crippen molar-refractivity contribution in [1.82, 2.24) is 5.32 Å². The van der Waals surface area contributed by atoms with Gasteiger partial charge in [0.1, 0.15) is 12.4 Å². The van der Waals surface area contributed by atoms with Crippen LogP contribution in [0.1, 0.15) is 35.9 Å².